The second-order valence-corrected chi connectivity index (χ2v) is 9.31. The van der Waals surface area contributed by atoms with E-state index in [0.717, 1.165) is 45.4 Å². The minimum atomic E-state index is -0.119. The highest BCUT2D eigenvalue weighted by Gasteiger charge is 2.22. The molecular weight excluding hydrogens is 412 g/mol. The molecule has 2 N–H and O–H groups in total. The van der Waals surface area contributed by atoms with Crippen molar-refractivity contribution in [3.05, 3.63) is 70.8 Å². The number of nitrogens with one attached hydrogen (secondary N) is 2. The SMILES string of the molecule is Cc1ccccc1CN1CCC(NC(=O)NCCCC(=O)N2CCc3ccccc3C2)CC1. The maximum atomic E-state index is 12.5. The summed E-state index contributed by atoms with van der Waals surface area (Å²) in [5, 5.41) is 6.03. The third kappa shape index (κ3) is 6.57. The summed E-state index contributed by atoms with van der Waals surface area (Å²) in [6, 6.07) is 17.0. The Bertz CT molecular complexity index is 953. The highest BCUT2D eigenvalue weighted by Crippen LogP contribution is 2.19. The first-order valence-corrected chi connectivity index (χ1v) is 12.2. The van der Waals surface area contributed by atoms with Crippen LogP contribution < -0.4 is 10.6 Å². The van der Waals surface area contributed by atoms with Crippen LogP contribution in [0, 0.1) is 6.92 Å². The van der Waals surface area contributed by atoms with E-state index < -0.39 is 0 Å². The van der Waals surface area contributed by atoms with Gasteiger partial charge >= 0.3 is 6.03 Å². The number of benzene rings is 2. The Kier molecular flexibility index (Phi) is 8.00. The van der Waals surface area contributed by atoms with Gasteiger partial charge in [-0.05, 0) is 54.9 Å². The lowest BCUT2D eigenvalue weighted by atomic mass is 9.99. The maximum absolute atomic E-state index is 12.5. The summed E-state index contributed by atoms with van der Waals surface area (Å²) in [5.41, 5.74) is 5.31. The standard InChI is InChI=1S/C27H36N4O2/c1-21-7-2-3-9-23(21)19-30-16-13-25(14-17-30)29-27(33)28-15-6-11-26(32)31-18-12-22-8-4-5-10-24(22)20-31/h2-5,7-10,25H,6,11-20H2,1H3,(H2,28,29,33). The number of aryl methyl sites for hydroxylation is 1. The van der Waals surface area contributed by atoms with E-state index in [2.05, 4.69) is 64.9 Å². The van der Waals surface area contributed by atoms with Gasteiger partial charge in [-0.1, -0.05) is 48.5 Å². The van der Waals surface area contributed by atoms with Gasteiger partial charge in [0.2, 0.25) is 5.91 Å². The van der Waals surface area contributed by atoms with E-state index in [0.29, 0.717) is 25.9 Å². The predicted octanol–water partition coefficient (Wildman–Crippen LogP) is 3.62. The van der Waals surface area contributed by atoms with Crippen molar-refractivity contribution in [2.24, 2.45) is 0 Å². The molecule has 2 heterocycles. The summed E-state index contributed by atoms with van der Waals surface area (Å²) in [4.78, 5) is 29.2. The Hall–Kier alpha value is -2.86. The van der Waals surface area contributed by atoms with Gasteiger partial charge in [-0.3, -0.25) is 9.69 Å². The number of rotatable bonds is 7. The largest absolute Gasteiger partial charge is 0.338 e. The molecular formula is C27H36N4O2. The fraction of sp³-hybridized carbons (Fsp3) is 0.481. The average molecular weight is 449 g/mol. The average Bonchev–Trinajstić information content (AvgIpc) is 2.84. The molecule has 2 aromatic carbocycles. The predicted molar refractivity (Wildman–Crippen MR) is 131 cm³/mol. The quantitative estimate of drug-likeness (QED) is 0.636. The zero-order valence-corrected chi connectivity index (χ0v) is 19.7. The lowest BCUT2D eigenvalue weighted by Crippen LogP contribution is -2.48. The van der Waals surface area contributed by atoms with Gasteiger partial charge in [0, 0.05) is 51.7 Å². The van der Waals surface area contributed by atoms with Crippen molar-refractivity contribution >= 4 is 11.9 Å². The summed E-state index contributed by atoms with van der Waals surface area (Å²) < 4.78 is 0. The highest BCUT2D eigenvalue weighted by molar-refractivity contribution is 5.77. The van der Waals surface area contributed by atoms with E-state index in [9.17, 15) is 9.59 Å². The van der Waals surface area contributed by atoms with Crippen LogP contribution in [-0.2, 0) is 24.3 Å². The minimum Gasteiger partial charge on any atom is -0.338 e. The second-order valence-electron chi connectivity index (χ2n) is 9.31. The van der Waals surface area contributed by atoms with Crippen molar-refractivity contribution in [2.75, 3.05) is 26.2 Å². The van der Waals surface area contributed by atoms with Crippen LogP contribution in [0.25, 0.3) is 0 Å². The number of hydrogen-bond donors (Lipinski definition) is 2. The first kappa shape index (κ1) is 23.3. The van der Waals surface area contributed by atoms with Gasteiger partial charge < -0.3 is 15.5 Å². The third-order valence-corrected chi connectivity index (χ3v) is 6.91. The Morgan fingerprint density at radius 1 is 0.970 bits per heavy atom. The van der Waals surface area contributed by atoms with E-state index in [1.54, 1.807) is 0 Å². The molecule has 0 saturated carbocycles. The second kappa shape index (κ2) is 11.3. The van der Waals surface area contributed by atoms with Crippen LogP contribution in [0.1, 0.15) is 47.9 Å². The van der Waals surface area contributed by atoms with Crippen molar-refractivity contribution in [3.63, 3.8) is 0 Å². The normalized spacial score (nSPS) is 16.8. The number of likely N-dealkylation sites (tertiary alicyclic amines) is 1. The van der Waals surface area contributed by atoms with Gasteiger partial charge in [0.1, 0.15) is 0 Å². The summed E-state index contributed by atoms with van der Waals surface area (Å²) >= 11 is 0. The molecule has 33 heavy (non-hydrogen) atoms. The van der Waals surface area contributed by atoms with Gasteiger partial charge in [-0.15, -0.1) is 0 Å². The lowest BCUT2D eigenvalue weighted by Gasteiger charge is -2.32. The Morgan fingerprint density at radius 2 is 1.70 bits per heavy atom. The Balaban J connectivity index is 1.09. The molecule has 2 aliphatic heterocycles. The first-order chi connectivity index (χ1) is 16.1. The molecule has 0 atom stereocenters. The van der Waals surface area contributed by atoms with Gasteiger partial charge in [0.05, 0.1) is 0 Å². The maximum Gasteiger partial charge on any atom is 0.315 e. The number of carbonyl (C=O) groups excluding carboxylic acids is 2. The van der Waals surface area contributed by atoms with Crippen LogP contribution in [0.15, 0.2) is 48.5 Å². The van der Waals surface area contributed by atoms with Crippen LogP contribution >= 0.6 is 0 Å². The molecule has 1 fully saturated rings. The monoisotopic (exact) mass is 448 g/mol. The van der Waals surface area contributed by atoms with E-state index in [4.69, 9.17) is 0 Å². The van der Waals surface area contributed by atoms with Crippen LogP contribution in [-0.4, -0.2) is 54.0 Å². The van der Waals surface area contributed by atoms with Crippen molar-refractivity contribution in [1.82, 2.24) is 20.4 Å². The smallest absolute Gasteiger partial charge is 0.315 e. The summed E-state index contributed by atoms with van der Waals surface area (Å²) in [6.45, 7) is 7.13. The van der Waals surface area contributed by atoms with Crippen LogP contribution in [0.2, 0.25) is 0 Å². The van der Waals surface area contributed by atoms with Gasteiger partial charge in [-0.2, -0.15) is 0 Å². The Labute approximate surface area is 197 Å². The van der Waals surface area contributed by atoms with E-state index >= 15 is 0 Å². The summed E-state index contributed by atoms with van der Waals surface area (Å²) in [6.07, 6.45) is 3.99. The molecule has 3 amide bonds. The fourth-order valence-corrected chi connectivity index (χ4v) is 4.81. The third-order valence-electron chi connectivity index (χ3n) is 6.91. The molecule has 6 nitrogen and oxygen atoms in total. The van der Waals surface area contributed by atoms with Crippen molar-refractivity contribution < 1.29 is 9.59 Å². The minimum absolute atomic E-state index is 0.119. The molecule has 4 rings (SSSR count). The summed E-state index contributed by atoms with van der Waals surface area (Å²) in [5.74, 6) is 0.174. The molecule has 0 bridgehead atoms. The number of hydrogen-bond acceptors (Lipinski definition) is 3. The Morgan fingerprint density at radius 3 is 2.48 bits per heavy atom. The van der Waals surface area contributed by atoms with Crippen LogP contribution in [0.4, 0.5) is 4.79 Å². The molecule has 2 aromatic rings. The van der Waals surface area contributed by atoms with Crippen molar-refractivity contribution in [2.45, 2.75) is 58.2 Å². The molecule has 0 radical (unpaired) electrons. The first-order valence-electron chi connectivity index (χ1n) is 12.2. The lowest BCUT2D eigenvalue weighted by molar-refractivity contribution is -0.132. The molecule has 0 aromatic heterocycles. The molecule has 0 aliphatic carbocycles. The molecule has 0 unspecified atom stereocenters. The van der Waals surface area contributed by atoms with E-state index in [1.807, 2.05) is 11.0 Å². The van der Waals surface area contributed by atoms with Gasteiger partial charge in [-0.25, -0.2) is 4.79 Å². The number of amides is 3. The van der Waals surface area contributed by atoms with Crippen molar-refractivity contribution in [3.8, 4) is 0 Å². The number of fused-ring (bicyclic) bond motifs is 1. The van der Waals surface area contributed by atoms with E-state index in [-0.39, 0.29) is 18.0 Å². The van der Waals surface area contributed by atoms with Crippen LogP contribution in [0.3, 0.4) is 0 Å². The molecule has 1 saturated heterocycles. The highest BCUT2D eigenvalue weighted by atomic mass is 16.2. The van der Waals surface area contributed by atoms with Crippen molar-refractivity contribution in [1.29, 1.82) is 0 Å². The molecule has 2 aliphatic rings. The van der Waals surface area contributed by atoms with E-state index in [1.165, 1.54) is 22.3 Å². The van der Waals surface area contributed by atoms with Gasteiger partial charge in [0.15, 0.2) is 0 Å². The van der Waals surface area contributed by atoms with Crippen LogP contribution in [0.5, 0.6) is 0 Å². The molecule has 6 heteroatoms. The zero-order chi connectivity index (χ0) is 23.0. The topological polar surface area (TPSA) is 64.7 Å². The molecule has 176 valence electrons. The summed E-state index contributed by atoms with van der Waals surface area (Å²) in [7, 11) is 0. The number of urea groups is 1. The molecule has 0 spiro atoms. The number of piperidine rings is 1. The fourth-order valence-electron chi connectivity index (χ4n) is 4.81. The zero-order valence-electron chi connectivity index (χ0n) is 19.7. The number of nitrogens with zero attached hydrogens (tertiary/aromatic N) is 2. The number of carbonyl (C=O) groups is 2. The van der Waals surface area contributed by atoms with Gasteiger partial charge in [0.25, 0.3) is 0 Å².